The fraction of sp³-hybridized carbons (Fsp3) is 0.292. The molecule has 0 unspecified atom stereocenters. The second kappa shape index (κ2) is 9.88. The number of nitrogens with zero attached hydrogens (tertiary/aromatic N) is 2. The Hall–Kier alpha value is -2.88. The number of hydrogen-bond acceptors (Lipinski definition) is 1. The van der Waals surface area contributed by atoms with Crippen molar-refractivity contribution in [1.29, 1.82) is 0 Å². The number of carbonyl (C=O) groups is 1. The molecule has 0 N–H and O–H groups in total. The molecule has 146 valence electrons. The Morgan fingerprint density at radius 2 is 1.71 bits per heavy atom. The van der Waals surface area contributed by atoms with Crippen molar-refractivity contribution in [3.05, 3.63) is 95.6 Å². The number of unbranched alkanes of at least 4 members (excludes halogenated alkanes) is 2. The Labute approximate surface area is 166 Å². The lowest BCUT2D eigenvalue weighted by atomic mass is 10.1. The summed E-state index contributed by atoms with van der Waals surface area (Å²) >= 11 is 0. The molecular formula is C24H27FN2O. The van der Waals surface area contributed by atoms with Gasteiger partial charge in [0, 0.05) is 25.0 Å². The highest BCUT2D eigenvalue weighted by Gasteiger charge is 2.20. The number of carbonyl (C=O) groups excluding carboxylic acids is 1. The van der Waals surface area contributed by atoms with Crippen LogP contribution in [-0.2, 0) is 13.1 Å². The zero-order chi connectivity index (χ0) is 19.8. The number of benzene rings is 2. The van der Waals surface area contributed by atoms with Gasteiger partial charge in [-0.2, -0.15) is 0 Å². The Morgan fingerprint density at radius 3 is 2.46 bits per heavy atom. The van der Waals surface area contributed by atoms with Gasteiger partial charge in [-0.15, -0.1) is 0 Å². The van der Waals surface area contributed by atoms with E-state index in [1.54, 1.807) is 23.1 Å². The molecule has 0 fully saturated rings. The molecule has 2 aromatic carbocycles. The van der Waals surface area contributed by atoms with Crippen LogP contribution in [0.4, 0.5) is 4.39 Å². The van der Waals surface area contributed by atoms with E-state index in [2.05, 4.69) is 23.6 Å². The van der Waals surface area contributed by atoms with E-state index in [1.807, 2.05) is 36.5 Å². The largest absolute Gasteiger partial charge is 0.345 e. The molecule has 1 aromatic heterocycles. The predicted molar refractivity (Wildman–Crippen MR) is 111 cm³/mol. The van der Waals surface area contributed by atoms with E-state index in [0.717, 1.165) is 31.5 Å². The Kier molecular flexibility index (Phi) is 7.01. The van der Waals surface area contributed by atoms with Gasteiger partial charge in [0.25, 0.3) is 5.91 Å². The van der Waals surface area contributed by atoms with E-state index in [4.69, 9.17) is 0 Å². The van der Waals surface area contributed by atoms with Gasteiger partial charge in [0.15, 0.2) is 0 Å². The van der Waals surface area contributed by atoms with Gasteiger partial charge in [-0.25, -0.2) is 4.39 Å². The Balaban J connectivity index is 1.79. The lowest BCUT2D eigenvalue weighted by Crippen LogP contribution is -2.33. The van der Waals surface area contributed by atoms with Crippen molar-refractivity contribution in [2.45, 2.75) is 39.3 Å². The predicted octanol–water partition coefficient (Wildman–Crippen LogP) is 5.51. The van der Waals surface area contributed by atoms with E-state index in [9.17, 15) is 9.18 Å². The highest BCUT2D eigenvalue weighted by Crippen LogP contribution is 2.16. The van der Waals surface area contributed by atoms with Crippen LogP contribution in [0.2, 0.25) is 0 Å². The smallest absolute Gasteiger partial charge is 0.257 e. The third kappa shape index (κ3) is 5.10. The summed E-state index contributed by atoms with van der Waals surface area (Å²) in [4.78, 5) is 14.8. The molecule has 3 nitrogen and oxygen atoms in total. The third-order valence-electron chi connectivity index (χ3n) is 4.90. The van der Waals surface area contributed by atoms with E-state index >= 15 is 0 Å². The van der Waals surface area contributed by atoms with Gasteiger partial charge >= 0.3 is 0 Å². The van der Waals surface area contributed by atoms with Crippen LogP contribution in [0.3, 0.4) is 0 Å². The minimum Gasteiger partial charge on any atom is -0.345 e. The lowest BCUT2D eigenvalue weighted by molar-refractivity contribution is 0.0731. The average molecular weight is 378 g/mol. The van der Waals surface area contributed by atoms with Crippen LogP contribution < -0.4 is 0 Å². The van der Waals surface area contributed by atoms with Crippen molar-refractivity contribution in [1.82, 2.24) is 9.47 Å². The van der Waals surface area contributed by atoms with E-state index in [0.29, 0.717) is 13.1 Å². The molecule has 0 saturated carbocycles. The minimum absolute atomic E-state index is 0.139. The fourth-order valence-corrected chi connectivity index (χ4v) is 3.33. The van der Waals surface area contributed by atoms with Crippen LogP contribution in [0.1, 0.15) is 47.8 Å². The van der Waals surface area contributed by atoms with Crippen LogP contribution in [0.15, 0.2) is 72.9 Å². The lowest BCUT2D eigenvalue weighted by Gasteiger charge is -2.24. The maximum absolute atomic E-state index is 14.2. The summed E-state index contributed by atoms with van der Waals surface area (Å²) < 4.78 is 16.3. The zero-order valence-corrected chi connectivity index (χ0v) is 16.4. The molecule has 0 atom stereocenters. The Bertz CT molecular complexity index is 888. The number of rotatable bonds is 9. The molecule has 0 bridgehead atoms. The second-order valence-electron chi connectivity index (χ2n) is 7.03. The highest BCUT2D eigenvalue weighted by atomic mass is 19.1. The minimum atomic E-state index is -0.465. The summed E-state index contributed by atoms with van der Waals surface area (Å²) in [5.41, 5.74) is 2.39. The quantitative estimate of drug-likeness (QED) is 0.451. The second-order valence-corrected chi connectivity index (χ2v) is 7.03. The summed E-state index contributed by atoms with van der Waals surface area (Å²) in [7, 11) is 0. The SMILES string of the molecule is CCCCCN(Cc1cccn1Cc1ccccc1)C(=O)c1ccccc1F. The first kappa shape index (κ1) is 19.9. The number of halogens is 1. The molecular weight excluding hydrogens is 351 g/mol. The van der Waals surface area contributed by atoms with Gasteiger partial charge in [0.1, 0.15) is 5.82 Å². The molecule has 0 aliphatic rings. The van der Waals surface area contributed by atoms with Crippen molar-refractivity contribution in [3.8, 4) is 0 Å². The third-order valence-corrected chi connectivity index (χ3v) is 4.90. The van der Waals surface area contributed by atoms with Gasteiger partial charge in [-0.3, -0.25) is 4.79 Å². The van der Waals surface area contributed by atoms with Crippen LogP contribution in [0.5, 0.6) is 0 Å². The first-order valence-electron chi connectivity index (χ1n) is 9.90. The molecule has 3 aromatic rings. The van der Waals surface area contributed by atoms with Crippen LogP contribution in [0.25, 0.3) is 0 Å². The maximum atomic E-state index is 14.2. The topological polar surface area (TPSA) is 25.2 Å². The van der Waals surface area contributed by atoms with Crippen molar-refractivity contribution in [3.63, 3.8) is 0 Å². The molecule has 0 radical (unpaired) electrons. The van der Waals surface area contributed by atoms with Crippen LogP contribution in [0, 0.1) is 5.82 Å². The van der Waals surface area contributed by atoms with Gasteiger partial charge in [0.2, 0.25) is 0 Å². The van der Waals surface area contributed by atoms with Gasteiger partial charge in [-0.05, 0) is 36.2 Å². The Morgan fingerprint density at radius 1 is 0.964 bits per heavy atom. The number of aromatic nitrogens is 1. The maximum Gasteiger partial charge on any atom is 0.257 e. The van der Waals surface area contributed by atoms with Gasteiger partial charge in [-0.1, -0.05) is 62.2 Å². The molecule has 0 saturated heterocycles. The molecule has 0 aliphatic carbocycles. The normalized spacial score (nSPS) is 10.8. The molecule has 4 heteroatoms. The van der Waals surface area contributed by atoms with Gasteiger partial charge < -0.3 is 9.47 Å². The van der Waals surface area contributed by atoms with Crippen molar-refractivity contribution >= 4 is 5.91 Å². The van der Waals surface area contributed by atoms with Crippen molar-refractivity contribution < 1.29 is 9.18 Å². The summed E-state index contributed by atoms with van der Waals surface area (Å²) in [5, 5.41) is 0. The molecule has 1 amide bonds. The van der Waals surface area contributed by atoms with Crippen LogP contribution >= 0.6 is 0 Å². The molecule has 0 aliphatic heterocycles. The monoisotopic (exact) mass is 378 g/mol. The fourth-order valence-electron chi connectivity index (χ4n) is 3.33. The molecule has 3 rings (SSSR count). The standard InChI is InChI=1S/C24H27FN2O/c1-2-3-9-16-27(24(28)22-14-7-8-15-23(22)25)19-21-13-10-17-26(21)18-20-11-5-4-6-12-20/h4-8,10-15,17H,2-3,9,16,18-19H2,1H3. The summed E-state index contributed by atoms with van der Waals surface area (Å²) in [6.45, 7) is 3.97. The summed E-state index contributed by atoms with van der Waals surface area (Å²) in [6.07, 6.45) is 5.06. The number of hydrogen-bond donors (Lipinski definition) is 0. The molecule has 0 spiro atoms. The number of amides is 1. The molecule has 1 heterocycles. The van der Waals surface area contributed by atoms with Gasteiger partial charge in [0.05, 0.1) is 12.1 Å². The van der Waals surface area contributed by atoms with Crippen LogP contribution in [-0.4, -0.2) is 21.9 Å². The zero-order valence-electron chi connectivity index (χ0n) is 16.4. The van der Waals surface area contributed by atoms with E-state index in [-0.39, 0.29) is 11.5 Å². The van der Waals surface area contributed by atoms with E-state index in [1.165, 1.54) is 11.6 Å². The summed E-state index contributed by atoms with van der Waals surface area (Å²) in [5.74, 6) is -0.714. The van der Waals surface area contributed by atoms with Crippen molar-refractivity contribution in [2.24, 2.45) is 0 Å². The van der Waals surface area contributed by atoms with E-state index < -0.39 is 5.82 Å². The molecule has 28 heavy (non-hydrogen) atoms. The average Bonchev–Trinajstić information content (AvgIpc) is 3.14. The first-order chi connectivity index (χ1) is 13.7. The highest BCUT2D eigenvalue weighted by molar-refractivity contribution is 5.94. The van der Waals surface area contributed by atoms with Crippen molar-refractivity contribution in [2.75, 3.05) is 6.54 Å². The first-order valence-corrected chi connectivity index (χ1v) is 9.90. The summed E-state index contributed by atoms with van der Waals surface area (Å²) in [6, 6.07) is 20.5.